The fraction of sp³-hybridized carbons (Fsp3) is 0.500. The summed E-state index contributed by atoms with van der Waals surface area (Å²) < 4.78 is 5.75. The number of hydrogen-bond donors (Lipinski definition) is 0. The Bertz CT molecular complexity index is 487. The monoisotopic (exact) mass is 296 g/mol. The number of benzene rings is 1. The van der Waals surface area contributed by atoms with Gasteiger partial charge < -0.3 is 4.74 Å². The average Bonchev–Trinajstić information content (AvgIpc) is 2.80. The van der Waals surface area contributed by atoms with Crippen LogP contribution in [0, 0.1) is 17.8 Å². The van der Waals surface area contributed by atoms with Crippen molar-refractivity contribution < 1.29 is 4.74 Å². The molecule has 19 heavy (non-hydrogen) atoms. The van der Waals surface area contributed by atoms with Crippen molar-refractivity contribution in [3.05, 3.63) is 33.8 Å². The molecule has 1 heterocycles. The molecule has 1 aliphatic heterocycles. The zero-order valence-corrected chi connectivity index (χ0v) is 12.6. The van der Waals surface area contributed by atoms with Gasteiger partial charge in [-0.1, -0.05) is 35.2 Å². The molecule has 2 atom stereocenters. The molecule has 0 bridgehead atoms. The lowest BCUT2D eigenvalue weighted by Gasteiger charge is -2.09. The van der Waals surface area contributed by atoms with E-state index in [2.05, 4.69) is 11.8 Å². The summed E-state index contributed by atoms with van der Waals surface area (Å²) in [7, 11) is 0. The minimum atomic E-state index is 0.358. The van der Waals surface area contributed by atoms with Crippen LogP contribution in [-0.4, -0.2) is 12.7 Å². The van der Waals surface area contributed by atoms with Crippen LogP contribution < -0.4 is 0 Å². The molecular formula is C16H18Cl2O. The van der Waals surface area contributed by atoms with Crippen LogP contribution in [0.3, 0.4) is 0 Å². The van der Waals surface area contributed by atoms with E-state index in [-0.39, 0.29) is 0 Å². The van der Waals surface area contributed by atoms with Crippen molar-refractivity contribution in [1.82, 2.24) is 0 Å². The molecule has 0 spiro atoms. The van der Waals surface area contributed by atoms with Gasteiger partial charge in [-0.2, -0.15) is 0 Å². The fourth-order valence-electron chi connectivity index (χ4n) is 2.46. The summed E-state index contributed by atoms with van der Waals surface area (Å²) in [6.07, 6.45) is 4.55. The third-order valence-electron chi connectivity index (χ3n) is 3.42. The SMILES string of the molecule is CC#CC1COC(CCCc2ccc(Cl)cc2Cl)C1. The Morgan fingerprint density at radius 3 is 2.95 bits per heavy atom. The van der Waals surface area contributed by atoms with Gasteiger partial charge in [-0.25, -0.2) is 0 Å². The molecule has 1 aromatic rings. The van der Waals surface area contributed by atoms with Crippen LogP contribution >= 0.6 is 23.2 Å². The minimum absolute atomic E-state index is 0.358. The van der Waals surface area contributed by atoms with E-state index in [1.54, 1.807) is 6.07 Å². The Morgan fingerprint density at radius 1 is 1.37 bits per heavy atom. The molecule has 0 N–H and O–H groups in total. The van der Waals surface area contributed by atoms with Gasteiger partial charge in [0.1, 0.15) is 0 Å². The van der Waals surface area contributed by atoms with E-state index < -0.39 is 0 Å². The summed E-state index contributed by atoms with van der Waals surface area (Å²) in [4.78, 5) is 0. The maximum absolute atomic E-state index is 6.16. The molecule has 0 amide bonds. The van der Waals surface area contributed by atoms with Crippen molar-refractivity contribution >= 4 is 23.2 Å². The van der Waals surface area contributed by atoms with E-state index in [1.807, 2.05) is 19.1 Å². The van der Waals surface area contributed by atoms with Gasteiger partial charge in [0.05, 0.1) is 12.7 Å². The smallest absolute Gasteiger partial charge is 0.0608 e. The molecule has 0 aliphatic carbocycles. The number of halogens is 2. The first kappa shape index (κ1) is 14.7. The van der Waals surface area contributed by atoms with E-state index >= 15 is 0 Å². The predicted molar refractivity (Wildman–Crippen MR) is 80.7 cm³/mol. The first-order valence-electron chi connectivity index (χ1n) is 6.67. The number of rotatable bonds is 4. The highest BCUT2D eigenvalue weighted by Crippen LogP contribution is 2.25. The molecule has 1 aliphatic rings. The quantitative estimate of drug-likeness (QED) is 0.729. The average molecular weight is 297 g/mol. The number of hydrogen-bond acceptors (Lipinski definition) is 1. The molecule has 2 unspecified atom stereocenters. The third kappa shape index (κ3) is 4.42. The second-order valence-electron chi connectivity index (χ2n) is 4.91. The molecule has 1 saturated heterocycles. The van der Waals surface area contributed by atoms with Crippen molar-refractivity contribution in [2.75, 3.05) is 6.61 Å². The third-order valence-corrected chi connectivity index (χ3v) is 4.00. The first-order valence-corrected chi connectivity index (χ1v) is 7.42. The fourth-order valence-corrected chi connectivity index (χ4v) is 2.96. The summed E-state index contributed by atoms with van der Waals surface area (Å²) in [6, 6.07) is 5.70. The Morgan fingerprint density at radius 2 is 2.21 bits per heavy atom. The zero-order valence-electron chi connectivity index (χ0n) is 11.1. The van der Waals surface area contributed by atoms with E-state index in [1.165, 1.54) is 0 Å². The Labute approximate surface area is 125 Å². The second-order valence-corrected chi connectivity index (χ2v) is 5.75. The summed E-state index contributed by atoms with van der Waals surface area (Å²) in [5.74, 6) is 6.58. The van der Waals surface area contributed by atoms with Gasteiger partial charge in [-0.05, 0) is 50.3 Å². The van der Waals surface area contributed by atoms with Crippen LogP contribution in [-0.2, 0) is 11.2 Å². The highest BCUT2D eigenvalue weighted by Gasteiger charge is 2.23. The van der Waals surface area contributed by atoms with E-state index in [9.17, 15) is 0 Å². The van der Waals surface area contributed by atoms with Crippen molar-refractivity contribution in [3.8, 4) is 11.8 Å². The molecule has 2 rings (SSSR count). The molecule has 0 radical (unpaired) electrons. The Balaban J connectivity index is 1.76. The molecule has 0 saturated carbocycles. The number of aryl methyl sites for hydroxylation is 1. The lowest BCUT2D eigenvalue weighted by atomic mass is 10.0. The topological polar surface area (TPSA) is 9.23 Å². The summed E-state index contributed by atoms with van der Waals surface area (Å²) in [5.41, 5.74) is 1.16. The molecule has 102 valence electrons. The van der Waals surface area contributed by atoms with Gasteiger partial charge in [0.25, 0.3) is 0 Å². The zero-order chi connectivity index (χ0) is 13.7. The van der Waals surface area contributed by atoms with Crippen LogP contribution in [0.1, 0.15) is 31.7 Å². The minimum Gasteiger partial charge on any atom is -0.377 e. The summed E-state index contributed by atoms with van der Waals surface area (Å²) in [6.45, 7) is 2.67. The van der Waals surface area contributed by atoms with Gasteiger partial charge in [-0.15, -0.1) is 5.92 Å². The van der Waals surface area contributed by atoms with Crippen molar-refractivity contribution in [1.29, 1.82) is 0 Å². The van der Waals surface area contributed by atoms with Crippen molar-refractivity contribution in [3.63, 3.8) is 0 Å². The molecule has 3 heteroatoms. The van der Waals surface area contributed by atoms with Crippen molar-refractivity contribution in [2.24, 2.45) is 5.92 Å². The Hall–Kier alpha value is -0.680. The van der Waals surface area contributed by atoms with Gasteiger partial charge in [0.15, 0.2) is 0 Å². The van der Waals surface area contributed by atoms with Gasteiger partial charge in [0.2, 0.25) is 0 Å². The van der Waals surface area contributed by atoms with E-state index in [0.29, 0.717) is 17.0 Å². The summed E-state index contributed by atoms with van der Waals surface area (Å²) >= 11 is 12.0. The van der Waals surface area contributed by atoms with E-state index in [0.717, 1.165) is 42.9 Å². The highest BCUT2D eigenvalue weighted by atomic mass is 35.5. The Kier molecular flexibility index (Phi) is 5.58. The standard InChI is InChI=1S/C16H18Cl2O/c1-2-4-12-9-15(19-11-12)6-3-5-13-7-8-14(17)10-16(13)18/h7-8,10,12,15H,3,5-6,9,11H2,1H3. The van der Waals surface area contributed by atoms with Crippen molar-refractivity contribution in [2.45, 2.75) is 38.7 Å². The molecule has 1 fully saturated rings. The van der Waals surface area contributed by atoms with Crippen LogP contribution in [0.4, 0.5) is 0 Å². The highest BCUT2D eigenvalue weighted by molar-refractivity contribution is 6.35. The van der Waals surface area contributed by atoms with Crippen LogP contribution in [0.5, 0.6) is 0 Å². The van der Waals surface area contributed by atoms with Crippen LogP contribution in [0.25, 0.3) is 0 Å². The molecule has 1 nitrogen and oxygen atoms in total. The number of ether oxygens (including phenoxy) is 1. The van der Waals surface area contributed by atoms with Crippen LogP contribution in [0.15, 0.2) is 18.2 Å². The largest absolute Gasteiger partial charge is 0.377 e. The normalized spacial score (nSPS) is 22.1. The lowest BCUT2D eigenvalue weighted by molar-refractivity contribution is 0.100. The van der Waals surface area contributed by atoms with Gasteiger partial charge >= 0.3 is 0 Å². The summed E-state index contributed by atoms with van der Waals surface area (Å²) in [5, 5.41) is 1.45. The second kappa shape index (κ2) is 7.20. The maximum Gasteiger partial charge on any atom is 0.0608 e. The molecule has 1 aromatic carbocycles. The van der Waals surface area contributed by atoms with E-state index in [4.69, 9.17) is 27.9 Å². The first-order chi connectivity index (χ1) is 9.19. The van der Waals surface area contributed by atoms with Gasteiger partial charge in [-0.3, -0.25) is 0 Å². The van der Waals surface area contributed by atoms with Crippen LogP contribution in [0.2, 0.25) is 10.0 Å². The molecular weight excluding hydrogens is 279 g/mol. The maximum atomic E-state index is 6.16. The lowest BCUT2D eigenvalue weighted by Crippen LogP contribution is -2.05. The van der Waals surface area contributed by atoms with Gasteiger partial charge in [0, 0.05) is 16.0 Å². The molecule has 0 aromatic heterocycles. The predicted octanol–water partition coefficient (Wildman–Crippen LogP) is 4.74.